The third-order valence-electron chi connectivity index (χ3n) is 3.49. The molecule has 0 aromatic heterocycles. The van der Waals surface area contributed by atoms with Gasteiger partial charge < -0.3 is 19.5 Å². The number of ether oxygens (including phenoxy) is 3. The van der Waals surface area contributed by atoms with E-state index in [-0.39, 0.29) is 5.91 Å². The number of hydrogen-bond acceptors (Lipinski definition) is 4. The number of anilines is 1. The first-order chi connectivity index (χ1) is 11.4. The second-order valence-corrected chi connectivity index (χ2v) is 6.13. The lowest BCUT2D eigenvalue weighted by atomic mass is 10.1. The number of benzene rings is 2. The first-order valence-corrected chi connectivity index (χ1v) is 8.08. The van der Waals surface area contributed by atoms with Gasteiger partial charge in [0.2, 0.25) is 5.75 Å². The highest BCUT2D eigenvalue weighted by molar-refractivity contribution is 9.10. The normalized spacial score (nSPS) is 10.2. The minimum absolute atomic E-state index is 0.272. The Morgan fingerprint density at radius 3 is 2.00 bits per heavy atom. The zero-order valence-electron chi connectivity index (χ0n) is 14.3. The largest absolute Gasteiger partial charge is 0.493 e. The number of aryl methyl sites for hydroxylation is 2. The predicted molar refractivity (Wildman–Crippen MR) is 97.7 cm³/mol. The average Bonchev–Trinajstić information content (AvgIpc) is 2.52. The van der Waals surface area contributed by atoms with Gasteiger partial charge in [-0.05, 0) is 59.1 Å². The van der Waals surface area contributed by atoms with Crippen LogP contribution in [0.5, 0.6) is 17.2 Å². The van der Waals surface area contributed by atoms with Gasteiger partial charge in [-0.2, -0.15) is 0 Å². The van der Waals surface area contributed by atoms with Crippen molar-refractivity contribution in [2.24, 2.45) is 0 Å². The molecular weight excluding hydrogens is 374 g/mol. The summed E-state index contributed by atoms with van der Waals surface area (Å²) in [5, 5.41) is 2.90. The quantitative estimate of drug-likeness (QED) is 0.820. The standard InChI is InChI=1S/C18H20BrNO4/c1-10-6-11(2)8-12(7-10)20-18(21)13-9-14(22-3)16(23-4)17(24-5)15(13)19/h6-9H,1-5H3,(H,20,21). The Morgan fingerprint density at radius 2 is 1.50 bits per heavy atom. The molecule has 0 spiro atoms. The van der Waals surface area contributed by atoms with Crippen molar-refractivity contribution >= 4 is 27.5 Å². The van der Waals surface area contributed by atoms with Crippen LogP contribution in [0.4, 0.5) is 5.69 Å². The first kappa shape index (κ1) is 18.1. The summed E-state index contributed by atoms with van der Waals surface area (Å²) in [6.07, 6.45) is 0. The summed E-state index contributed by atoms with van der Waals surface area (Å²) >= 11 is 3.42. The number of carbonyl (C=O) groups is 1. The monoisotopic (exact) mass is 393 g/mol. The van der Waals surface area contributed by atoms with Crippen LogP contribution in [0.3, 0.4) is 0 Å². The molecule has 6 heteroatoms. The molecule has 0 atom stereocenters. The summed E-state index contributed by atoms with van der Waals surface area (Å²) in [4.78, 5) is 12.7. The molecular formula is C18H20BrNO4. The minimum atomic E-state index is -0.272. The van der Waals surface area contributed by atoms with E-state index >= 15 is 0 Å². The number of methoxy groups -OCH3 is 3. The number of nitrogens with one attached hydrogen (secondary N) is 1. The van der Waals surface area contributed by atoms with Crippen LogP contribution in [0.2, 0.25) is 0 Å². The van der Waals surface area contributed by atoms with E-state index in [4.69, 9.17) is 14.2 Å². The van der Waals surface area contributed by atoms with Crippen molar-refractivity contribution in [3.63, 3.8) is 0 Å². The zero-order valence-corrected chi connectivity index (χ0v) is 15.9. The number of carbonyl (C=O) groups excluding carboxylic acids is 1. The summed E-state index contributed by atoms with van der Waals surface area (Å²) in [5.74, 6) is 0.978. The fourth-order valence-corrected chi connectivity index (χ4v) is 3.17. The molecule has 0 heterocycles. The van der Waals surface area contributed by atoms with Gasteiger partial charge in [0.1, 0.15) is 0 Å². The topological polar surface area (TPSA) is 56.8 Å². The Morgan fingerprint density at radius 1 is 0.917 bits per heavy atom. The predicted octanol–water partition coefficient (Wildman–Crippen LogP) is 4.34. The van der Waals surface area contributed by atoms with Crippen molar-refractivity contribution in [1.82, 2.24) is 0 Å². The Bertz CT molecular complexity index is 754. The number of halogens is 1. The van der Waals surface area contributed by atoms with Crippen LogP contribution in [0.1, 0.15) is 21.5 Å². The molecule has 24 heavy (non-hydrogen) atoms. The van der Waals surface area contributed by atoms with Gasteiger partial charge in [-0.25, -0.2) is 0 Å². The van der Waals surface area contributed by atoms with Gasteiger partial charge in [0, 0.05) is 5.69 Å². The summed E-state index contributed by atoms with van der Waals surface area (Å²) in [7, 11) is 4.53. The highest BCUT2D eigenvalue weighted by Crippen LogP contribution is 2.44. The van der Waals surface area contributed by atoms with E-state index in [1.807, 2.05) is 32.0 Å². The van der Waals surface area contributed by atoms with E-state index in [1.54, 1.807) is 6.07 Å². The second-order valence-electron chi connectivity index (χ2n) is 5.34. The van der Waals surface area contributed by atoms with Crippen molar-refractivity contribution in [2.45, 2.75) is 13.8 Å². The lowest BCUT2D eigenvalue weighted by Gasteiger charge is -2.16. The third-order valence-corrected chi connectivity index (χ3v) is 4.28. The van der Waals surface area contributed by atoms with Gasteiger partial charge in [-0.3, -0.25) is 4.79 Å². The van der Waals surface area contributed by atoms with Crippen molar-refractivity contribution in [3.8, 4) is 17.2 Å². The molecule has 0 aliphatic heterocycles. The SMILES string of the molecule is COc1cc(C(=O)Nc2cc(C)cc(C)c2)c(Br)c(OC)c1OC. The van der Waals surface area contributed by atoms with Gasteiger partial charge in [0.25, 0.3) is 5.91 Å². The van der Waals surface area contributed by atoms with Crippen LogP contribution in [0.25, 0.3) is 0 Å². The van der Waals surface area contributed by atoms with Gasteiger partial charge in [0.15, 0.2) is 11.5 Å². The molecule has 2 rings (SSSR count). The Balaban J connectivity index is 2.45. The second kappa shape index (κ2) is 7.57. The lowest BCUT2D eigenvalue weighted by molar-refractivity contribution is 0.102. The van der Waals surface area contributed by atoms with Crippen molar-refractivity contribution in [2.75, 3.05) is 26.6 Å². The maximum Gasteiger partial charge on any atom is 0.257 e. The summed E-state index contributed by atoms with van der Waals surface area (Å²) in [6.45, 7) is 3.97. The fraction of sp³-hybridized carbons (Fsp3) is 0.278. The van der Waals surface area contributed by atoms with Gasteiger partial charge in [0.05, 0.1) is 31.4 Å². The number of amides is 1. The molecule has 2 aromatic carbocycles. The van der Waals surface area contributed by atoms with E-state index in [0.29, 0.717) is 27.3 Å². The van der Waals surface area contributed by atoms with E-state index in [0.717, 1.165) is 16.8 Å². The highest BCUT2D eigenvalue weighted by atomic mass is 79.9. The van der Waals surface area contributed by atoms with E-state index in [2.05, 4.69) is 21.2 Å². The molecule has 0 saturated heterocycles. The Kier molecular flexibility index (Phi) is 5.72. The molecule has 128 valence electrons. The molecule has 0 fully saturated rings. The Labute approximate surface area is 150 Å². The molecule has 5 nitrogen and oxygen atoms in total. The molecule has 0 bridgehead atoms. The molecule has 0 radical (unpaired) electrons. The fourth-order valence-electron chi connectivity index (χ4n) is 2.53. The number of rotatable bonds is 5. The maximum absolute atomic E-state index is 12.7. The summed E-state index contributed by atoms with van der Waals surface area (Å²) in [5.41, 5.74) is 3.28. The van der Waals surface area contributed by atoms with Crippen LogP contribution >= 0.6 is 15.9 Å². The Hall–Kier alpha value is -2.21. The van der Waals surface area contributed by atoms with Crippen LogP contribution < -0.4 is 19.5 Å². The van der Waals surface area contributed by atoms with E-state index in [1.165, 1.54) is 21.3 Å². The molecule has 0 aliphatic rings. The van der Waals surface area contributed by atoms with Crippen molar-refractivity contribution in [3.05, 3.63) is 45.4 Å². The molecule has 0 aliphatic carbocycles. The van der Waals surface area contributed by atoms with Crippen LogP contribution in [-0.4, -0.2) is 27.2 Å². The highest BCUT2D eigenvalue weighted by Gasteiger charge is 2.23. The molecule has 2 aromatic rings. The van der Waals surface area contributed by atoms with Crippen molar-refractivity contribution in [1.29, 1.82) is 0 Å². The average molecular weight is 394 g/mol. The third kappa shape index (κ3) is 3.64. The maximum atomic E-state index is 12.7. The summed E-state index contributed by atoms with van der Waals surface area (Å²) < 4.78 is 16.5. The minimum Gasteiger partial charge on any atom is -0.493 e. The van der Waals surface area contributed by atoms with Crippen molar-refractivity contribution < 1.29 is 19.0 Å². The van der Waals surface area contributed by atoms with Gasteiger partial charge in [-0.1, -0.05) is 6.07 Å². The van der Waals surface area contributed by atoms with Crippen LogP contribution in [-0.2, 0) is 0 Å². The van der Waals surface area contributed by atoms with Gasteiger partial charge in [-0.15, -0.1) is 0 Å². The zero-order chi connectivity index (χ0) is 17.9. The first-order valence-electron chi connectivity index (χ1n) is 7.29. The lowest BCUT2D eigenvalue weighted by Crippen LogP contribution is -2.14. The molecule has 0 saturated carbocycles. The van der Waals surface area contributed by atoms with E-state index in [9.17, 15) is 4.79 Å². The van der Waals surface area contributed by atoms with Crippen LogP contribution in [0, 0.1) is 13.8 Å². The summed E-state index contributed by atoms with van der Waals surface area (Å²) in [6, 6.07) is 7.49. The molecule has 1 amide bonds. The van der Waals surface area contributed by atoms with E-state index < -0.39 is 0 Å². The molecule has 0 unspecified atom stereocenters. The van der Waals surface area contributed by atoms with Gasteiger partial charge >= 0.3 is 0 Å². The smallest absolute Gasteiger partial charge is 0.257 e. The van der Waals surface area contributed by atoms with Crippen LogP contribution in [0.15, 0.2) is 28.7 Å². The molecule has 1 N–H and O–H groups in total. The number of hydrogen-bond donors (Lipinski definition) is 1.